The van der Waals surface area contributed by atoms with Crippen LogP contribution < -0.4 is 15.4 Å². The van der Waals surface area contributed by atoms with Crippen LogP contribution >= 0.6 is 0 Å². The molecule has 12 heteroatoms. The number of phenols is 1. The molecule has 4 bridgehead atoms. The summed E-state index contributed by atoms with van der Waals surface area (Å²) in [6.07, 6.45) is 6.22. The molecule has 2 amide bonds. The van der Waals surface area contributed by atoms with E-state index in [4.69, 9.17) is 9.84 Å². The van der Waals surface area contributed by atoms with Crippen molar-refractivity contribution < 1.29 is 29.3 Å². The predicted molar refractivity (Wildman–Crippen MR) is 201 cm³/mol. The van der Waals surface area contributed by atoms with Gasteiger partial charge in [-0.05, 0) is 144 Å². The molecule has 284 valence electrons. The lowest BCUT2D eigenvalue weighted by atomic mass is 9.48. The number of ether oxygens (including phenoxy) is 1. The van der Waals surface area contributed by atoms with Gasteiger partial charge in [0, 0.05) is 13.6 Å². The number of hydrogen-bond donors (Lipinski definition) is 4. The molecule has 0 unspecified atom stereocenters. The topological polar surface area (TPSA) is 149 Å². The molecule has 12 nitrogen and oxygen atoms in total. The van der Waals surface area contributed by atoms with Crippen LogP contribution in [0.3, 0.4) is 0 Å². The predicted octanol–water partition coefficient (Wildman–Crippen LogP) is 4.99. The van der Waals surface area contributed by atoms with E-state index in [-0.39, 0.29) is 35.1 Å². The van der Waals surface area contributed by atoms with Gasteiger partial charge in [0.15, 0.2) is 5.69 Å². The molecule has 1 heterocycles. The van der Waals surface area contributed by atoms with Crippen LogP contribution in [0.4, 0.5) is 0 Å². The lowest BCUT2D eigenvalue weighted by molar-refractivity contribution is -0.163. The van der Waals surface area contributed by atoms with Crippen molar-refractivity contribution >= 4 is 17.8 Å². The van der Waals surface area contributed by atoms with Gasteiger partial charge in [-0.1, -0.05) is 26.0 Å². The summed E-state index contributed by atoms with van der Waals surface area (Å²) in [4.78, 5) is 44.9. The van der Waals surface area contributed by atoms with Gasteiger partial charge in [-0.2, -0.15) is 5.10 Å². The van der Waals surface area contributed by atoms with E-state index in [2.05, 4.69) is 34.7 Å². The van der Waals surface area contributed by atoms with E-state index in [1.54, 1.807) is 36.2 Å². The summed E-state index contributed by atoms with van der Waals surface area (Å²) in [7, 11) is 7.32. The molecule has 3 aromatic rings. The standard InChI is InChI=1S/C41H54N6O6/c1-25(2)31-23-28(39(50)46(5)17-9-16-45(4)15-8-14-42-3)12-13-33(31)47-34(37-35(48)10-7-11-36(37)53-6)24-32(44-47)38(49)43-41(40(51)52)29-19-26-18-27(21-29)22-30(41)20-26/h7,10-11,23-27,29-30,42,48H,8-9,14-22H2,1-6H3,(H,43,49)(H,51,52). The van der Waals surface area contributed by atoms with Crippen LogP contribution in [0, 0.1) is 35.8 Å². The van der Waals surface area contributed by atoms with E-state index in [0.717, 1.165) is 70.1 Å². The molecule has 0 aliphatic heterocycles. The molecule has 2 aromatic carbocycles. The van der Waals surface area contributed by atoms with Crippen LogP contribution in [0.25, 0.3) is 16.9 Å². The minimum Gasteiger partial charge on any atom is -0.507 e. The molecule has 4 fully saturated rings. The molecule has 4 saturated carbocycles. The zero-order chi connectivity index (χ0) is 38.0. The van der Waals surface area contributed by atoms with E-state index in [1.807, 2.05) is 20.9 Å². The van der Waals surface area contributed by atoms with Gasteiger partial charge in [-0.3, -0.25) is 9.59 Å². The van der Waals surface area contributed by atoms with Crippen molar-refractivity contribution in [1.29, 1.82) is 0 Å². The van der Waals surface area contributed by atoms with Crippen molar-refractivity contribution in [3.05, 3.63) is 59.3 Å². The summed E-state index contributed by atoms with van der Waals surface area (Å²) in [5, 5.41) is 32.8. The Hall–Kier alpha value is -4.60. The van der Waals surface area contributed by atoms with Crippen molar-refractivity contribution in [3.63, 3.8) is 0 Å². The summed E-state index contributed by atoms with van der Waals surface area (Å²) in [5.41, 5.74) is 0.838. The van der Waals surface area contributed by atoms with Crippen LogP contribution in [-0.2, 0) is 4.79 Å². The molecule has 0 spiro atoms. The number of carboxylic acid groups (broad SMARTS) is 1. The molecule has 4 aliphatic rings. The number of carbonyl (C=O) groups excluding carboxylic acids is 2. The second kappa shape index (κ2) is 15.8. The SMILES string of the molecule is CNCCCN(C)CCCN(C)C(=O)c1c#cc(-n2nc(C(=O)NC3(C(=O)O)C4CC5CC(C4)CC3C5)cc2-c2c(O)cccc2OC)c(C(C)C)c1. The lowest BCUT2D eigenvalue weighted by Gasteiger charge is -2.59. The fourth-order valence-electron chi connectivity index (χ4n) is 9.29. The maximum atomic E-state index is 14.2. The van der Waals surface area contributed by atoms with E-state index in [9.17, 15) is 24.6 Å². The maximum Gasteiger partial charge on any atom is 0.330 e. The van der Waals surface area contributed by atoms with Gasteiger partial charge in [0.1, 0.15) is 22.7 Å². The number of aromatic hydroxyl groups is 1. The summed E-state index contributed by atoms with van der Waals surface area (Å²) in [6, 6.07) is 14.5. The minimum atomic E-state index is -1.36. The Balaban J connectivity index is 1.33. The number of aromatic nitrogens is 2. The average molecular weight is 727 g/mol. The molecule has 0 saturated heterocycles. The molecule has 4 aliphatic carbocycles. The molecular formula is C41H54N6O6. The Morgan fingerprint density at radius 2 is 1.70 bits per heavy atom. The fourth-order valence-corrected chi connectivity index (χ4v) is 9.29. The number of nitrogens with one attached hydrogen (secondary N) is 2. The highest BCUT2D eigenvalue weighted by Crippen LogP contribution is 2.58. The maximum absolute atomic E-state index is 14.2. The van der Waals surface area contributed by atoms with Gasteiger partial charge in [-0.15, -0.1) is 0 Å². The highest BCUT2D eigenvalue weighted by molar-refractivity contribution is 5.98. The van der Waals surface area contributed by atoms with Crippen LogP contribution in [0.2, 0.25) is 0 Å². The number of phenolic OH excluding ortho intramolecular Hbond substituents is 1. The second-order valence-electron chi connectivity index (χ2n) is 15.7. The van der Waals surface area contributed by atoms with Gasteiger partial charge >= 0.3 is 5.97 Å². The molecule has 0 atom stereocenters. The van der Waals surface area contributed by atoms with Gasteiger partial charge in [0.25, 0.3) is 11.8 Å². The van der Waals surface area contributed by atoms with Crippen LogP contribution in [0.5, 0.6) is 11.5 Å². The Bertz CT molecular complexity index is 1790. The quantitative estimate of drug-likeness (QED) is 0.150. The summed E-state index contributed by atoms with van der Waals surface area (Å²) in [5.74, 6) is -0.832. The molecular weight excluding hydrogens is 672 g/mol. The third-order valence-corrected chi connectivity index (χ3v) is 11.8. The number of nitrogens with zero attached hydrogens (tertiary/aromatic N) is 4. The third kappa shape index (κ3) is 7.47. The van der Waals surface area contributed by atoms with Crippen LogP contribution in [0.1, 0.15) is 91.1 Å². The number of benzene rings is 1. The zero-order valence-corrected chi connectivity index (χ0v) is 31.9. The van der Waals surface area contributed by atoms with Gasteiger partial charge in [0.2, 0.25) is 0 Å². The summed E-state index contributed by atoms with van der Waals surface area (Å²) in [6.45, 7) is 7.39. The molecule has 1 aromatic heterocycles. The number of methoxy groups -OCH3 is 1. The monoisotopic (exact) mass is 726 g/mol. The van der Waals surface area contributed by atoms with E-state index < -0.39 is 17.4 Å². The Morgan fingerprint density at radius 1 is 1.02 bits per heavy atom. The van der Waals surface area contributed by atoms with Crippen LogP contribution in [-0.4, -0.2) is 108 Å². The van der Waals surface area contributed by atoms with Crippen LogP contribution in [0.15, 0.2) is 30.3 Å². The van der Waals surface area contributed by atoms with Crippen molar-refractivity contribution in [3.8, 4) is 28.4 Å². The highest BCUT2D eigenvalue weighted by atomic mass is 16.5. The van der Waals surface area contributed by atoms with E-state index >= 15 is 0 Å². The average Bonchev–Trinajstić information content (AvgIpc) is 3.57. The van der Waals surface area contributed by atoms with Gasteiger partial charge in [-0.25, -0.2) is 9.48 Å². The van der Waals surface area contributed by atoms with Crippen molar-refractivity contribution in [2.75, 3.05) is 54.4 Å². The largest absolute Gasteiger partial charge is 0.507 e. The molecule has 0 radical (unpaired) electrons. The molecule has 7 rings (SSSR count). The summed E-state index contributed by atoms with van der Waals surface area (Å²) < 4.78 is 7.17. The number of aliphatic carboxylic acids is 1. The van der Waals surface area contributed by atoms with Crippen molar-refractivity contribution in [2.24, 2.45) is 23.7 Å². The number of carbonyl (C=O) groups is 3. The van der Waals surface area contributed by atoms with Gasteiger partial charge in [0.05, 0.1) is 23.9 Å². The normalized spacial score (nSPS) is 22.9. The second-order valence-corrected chi connectivity index (χ2v) is 15.7. The number of carboxylic acids is 1. The first-order valence-electron chi connectivity index (χ1n) is 19.0. The Kier molecular flexibility index (Phi) is 11.4. The smallest absolute Gasteiger partial charge is 0.330 e. The van der Waals surface area contributed by atoms with Crippen molar-refractivity contribution in [1.82, 2.24) is 30.2 Å². The van der Waals surface area contributed by atoms with E-state index in [0.29, 0.717) is 46.6 Å². The Morgan fingerprint density at radius 3 is 2.32 bits per heavy atom. The number of rotatable bonds is 16. The van der Waals surface area contributed by atoms with Gasteiger partial charge < -0.3 is 35.4 Å². The fraction of sp³-hybridized carbons (Fsp3) is 0.561. The number of hydrogen-bond acceptors (Lipinski definition) is 8. The highest BCUT2D eigenvalue weighted by Gasteiger charge is 2.62. The third-order valence-electron chi connectivity index (χ3n) is 11.8. The zero-order valence-electron chi connectivity index (χ0n) is 31.9. The lowest BCUT2D eigenvalue weighted by Crippen LogP contribution is -2.70. The number of amides is 2. The molecule has 4 N–H and O–H groups in total. The summed E-state index contributed by atoms with van der Waals surface area (Å²) >= 11 is 0. The molecule has 53 heavy (non-hydrogen) atoms. The first-order chi connectivity index (χ1) is 25.4. The first kappa shape index (κ1) is 38.1. The Labute approximate surface area is 312 Å². The first-order valence-corrected chi connectivity index (χ1v) is 19.0. The van der Waals surface area contributed by atoms with E-state index in [1.165, 1.54) is 17.9 Å². The van der Waals surface area contributed by atoms with Crippen molar-refractivity contribution in [2.45, 2.75) is 70.3 Å². The minimum absolute atomic E-state index is 0.00125.